The summed E-state index contributed by atoms with van der Waals surface area (Å²) in [6.07, 6.45) is 3.43. The second-order valence-corrected chi connectivity index (χ2v) is 6.83. The fourth-order valence-electron chi connectivity index (χ4n) is 3.04. The van der Waals surface area contributed by atoms with E-state index >= 15 is 0 Å². The molecule has 112 valence electrons. The largest absolute Gasteiger partial charge is 0.364 e. The van der Waals surface area contributed by atoms with Crippen LogP contribution in [0, 0.1) is 0 Å². The van der Waals surface area contributed by atoms with Crippen molar-refractivity contribution in [3.05, 3.63) is 27.7 Å². The molecule has 1 N–H and O–H groups in total. The number of hydrogen-bond acceptors (Lipinski definition) is 2. The summed E-state index contributed by atoms with van der Waals surface area (Å²) in [5.74, 6) is 0. The number of piperazine rings is 1. The minimum atomic E-state index is 0.216. The molecule has 1 aliphatic heterocycles. The minimum Gasteiger partial charge on any atom is -0.364 e. The first-order valence-corrected chi connectivity index (χ1v) is 8.69. The summed E-state index contributed by atoms with van der Waals surface area (Å²) in [7, 11) is 0. The third-order valence-corrected chi connectivity index (χ3v) is 6.07. The van der Waals surface area contributed by atoms with Gasteiger partial charge in [0.2, 0.25) is 0 Å². The Bertz CT molecular complexity index is 460. The summed E-state index contributed by atoms with van der Waals surface area (Å²) < 4.78 is 1.02. The standard InChI is InChI=1S/C16H24BrClN2/c1-4-12-10-19-16(5-2,6-3)11-20(12)14-9-7-8-13(18)15(14)17/h7-9,12,19H,4-6,10-11H2,1-3H3. The van der Waals surface area contributed by atoms with E-state index in [0.29, 0.717) is 6.04 Å². The molecule has 0 bridgehead atoms. The maximum atomic E-state index is 6.27. The van der Waals surface area contributed by atoms with Crippen molar-refractivity contribution in [3.8, 4) is 0 Å². The number of anilines is 1. The molecule has 1 unspecified atom stereocenters. The Balaban J connectivity index is 2.36. The molecule has 2 rings (SSSR count). The van der Waals surface area contributed by atoms with Gasteiger partial charge in [-0.25, -0.2) is 0 Å². The molecule has 0 radical (unpaired) electrons. The van der Waals surface area contributed by atoms with Crippen LogP contribution >= 0.6 is 27.5 Å². The van der Waals surface area contributed by atoms with Crippen molar-refractivity contribution in [1.82, 2.24) is 5.32 Å². The number of hydrogen-bond donors (Lipinski definition) is 1. The van der Waals surface area contributed by atoms with Crippen LogP contribution in [-0.2, 0) is 0 Å². The van der Waals surface area contributed by atoms with Crippen molar-refractivity contribution >= 4 is 33.2 Å². The highest BCUT2D eigenvalue weighted by atomic mass is 79.9. The summed E-state index contributed by atoms with van der Waals surface area (Å²) in [6.45, 7) is 8.87. The molecule has 0 spiro atoms. The predicted molar refractivity (Wildman–Crippen MR) is 91.9 cm³/mol. The third kappa shape index (κ3) is 3.00. The van der Waals surface area contributed by atoms with E-state index in [1.165, 1.54) is 5.69 Å². The molecule has 1 saturated heterocycles. The molecule has 1 fully saturated rings. The lowest BCUT2D eigenvalue weighted by atomic mass is 9.87. The van der Waals surface area contributed by atoms with Gasteiger partial charge in [-0.3, -0.25) is 0 Å². The van der Waals surface area contributed by atoms with Gasteiger partial charge in [0.25, 0.3) is 0 Å². The molecule has 1 aromatic carbocycles. The van der Waals surface area contributed by atoms with Crippen molar-refractivity contribution in [1.29, 1.82) is 0 Å². The van der Waals surface area contributed by atoms with Gasteiger partial charge in [0.15, 0.2) is 0 Å². The highest BCUT2D eigenvalue weighted by molar-refractivity contribution is 9.10. The molecule has 1 aliphatic rings. The molecular weight excluding hydrogens is 336 g/mol. The van der Waals surface area contributed by atoms with E-state index < -0.39 is 0 Å². The van der Waals surface area contributed by atoms with E-state index in [2.05, 4.69) is 53.0 Å². The van der Waals surface area contributed by atoms with Crippen LogP contribution in [0.15, 0.2) is 22.7 Å². The second kappa shape index (κ2) is 6.67. The van der Waals surface area contributed by atoms with Crippen molar-refractivity contribution in [3.63, 3.8) is 0 Å². The van der Waals surface area contributed by atoms with Crippen LogP contribution in [0.25, 0.3) is 0 Å². The van der Waals surface area contributed by atoms with Crippen LogP contribution in [0.5, 0.6) is 0 Å². The Labute approximate surface area is 136 Å². The Morgan fingerprint density at radius 1 is 1.35 bits per heavy atom. The van der Waals surface area contributed by atoms with Gasteiger partial charge >= 0.3 is 0 Å². The van der Waals surface area contributed by atoms with E-state index in [-0.39, 0.29) is 5.54 Å². The number of benzene rings is 1. The Morgan fingerprint density at radius 2 is 2.05 bits per heavy atom. The first-order chi connectivity index (χ1) is 9.56. The monoisotopic (exact) mass is 358 g/mol. The summed E-state index contributed by atoms with van der Waals surface area (Å²) in [5.41, 5.74) is 1.44. The molecule has 0 saturated carbocycles. The summed E-state index contributed by atoms with van der Waals surface area (Å²) in [5, 5.41) is 4.56. The van der Waals surface area contributed by atoms with Gasteiger partial charge in [-0.15, -0.1) is 0 Å². The minimum absolute atomic E-state index is 0.216. The topological polar surface area (TPSA) is 15.3 Å². The van der Waals surface area contributed by atoms with Gasteiger partial charge in [0.1, 0.15) is 0 Å². The van der Waals surface area contributed by atoms with Gasteiger partial charge < -0.3 is 10.2 Å². The van der Waals surface area contributed by atoms with E-state index in [1.54, 1.807) is 0 Å². The number of nitrogens with zero attached hydrogens (tertiary/aromatic N) is 1. The maximum absolute atomic E-state index is 6.27. The van der Waals surface area contributed by atoms with E-state index in [1.807, 2.05) is 12.1 Å². The van der Waals surface area contributed by atoms with Crippen LogP contribution in [0.2, 0.25) is 5.02 Å². The van der Waals surface area contributed by atoms with Crippen LogP contribution in [0.4, 0.5) is 5.69 Å². The molecule has 0 aliphatic carbocycles. The number of halogens is 2. The summed E-state index contributed by atoms with van der Waals surface area (Å²) in [4.78, 5) is 2.53. The van der Waals surface area contributed by atoms with Crippen molar-refractivity contribution in [2.24, 2.45) is 0 Å². The quantitative estimate of drug-likeness (QED) is 0.826. The second-order valence-electron chi connectivity index (χ2n) is 5.63. The van der Waals surface area contributed by atoms with Crippen LogP contribution < -0.4 is 10.2 Å². The smallest absolute Gasteiger partial charge is 0.0595 e. The van der Waals surface area contributed by atoms with Crippen LogP contribution in [0.1, 0.15) is 40.0 Å². The molecule has 1 heterocycles. The molecular formula is C16H24BrClN2. The zero-order valence-electron chi connectivity index (χ0n) is 12.5. The van der Waals surface area contributed by atoms with E-state index in [9.17, 15) is 0 Å². The van der Waals surface area contributed by atoms with E-state index in [4.69, 9.17) is 11.6 Å². The van der Waals surface area contributed by atoms with Crippen LogP contribution in [0.3, 0.4) is 0 Å². The predicted octanol–water partition coefficient (Wildman–Crippen LogP) is 4.85. The highest BCUT2D eigenvalue weighted by Gasteiger charge is 2.36. The SMILES string of the molecule is CCC1CNC(CC)(CC)CN1c1cccc(Cl)c1Br. The third-order valence-electron chi connectivity index (χ3n) is 4.69. The average molecular weight is 360 g/mol. The molecule has 20 heavy (non-hydrogen) atoms. The molecule has 0 amide bonds. The van der Waals surface area contributed by atoms with E-state index in [0.717, 1.165) is 41.8 Å². The zero-order chi connectivity index (χ0) is 14.8. The molecule has 1 aromatic rings. The highest BCUT2D eigenvalue weighted by Crippen LogP contribution is 2.37. The zero-order valence-corrected chi connectivity index (χ0v) is 14.9. The van der Waals surface area contributed by atoms with Crippen molar-refractivity contribution in [2.75, 3.05) is 18.0 Å². The summed E-state index contributed by atoms with van der Waals surface area (Å²) in [6, 6.07) is 6.66. The number of nitrogens with one attached hydrogen (secondary N) is 1. The molecule has 2 nitrogen and oxygen atoms in total. The first-order valence-electron chi connectivity index (χ1n) is 7.52. The summed E-state index contributed by atoms with van der Waals surface area (Å²) >= 11 is 9.93. The molecule has 1 atom stereocenters. The maximum Gasteiger partial charge on any atom is 0.0595 e. The first kappa shape index (κ1) is 16.1. The van der Waals surface area contributed by atoms with Crippen molar-refractivity contribution < 1.29 is 0 Å². The Kier molecular flexibility index (Phi) is 5.38. The van der Waals surface area contributed by atoms with Crippen molar-refractivity contribution in [2.45, 2.75) is 51.6 Å². The van der Waals surface area contributed by atoms with Gasteiger partial charge in [0.05, 0.1) is 15.2 Å². The lowest BCUT2D eigenvalue weighted by Crippen LogP contribution is -2.64. The number of rotatable bonds is 4. The fourth-order valence-corrected chi connectivity index (χ4v) is 3.70. The van der Waals surface area contributed by atoms with Gasteiger partial charge in [-0.05, 0) is 47.3 Å². The Morgan fingerprint density at radius 3 is 2.65 bits per heavy atom. The van der Waals surface area contributed by atoms with Gasteiger partial charge in [-0.2, -0.15) is 0 Å². The fraction of sp³-hybridized carbons (Fsp3) is 0.625. The van der Waals surface area contributed by atoms with Crippen LogP contribution in [-0.4, -0.2) is 24.7 Å². The molecule has 0 aromatic heterocycles. The Hall–Kier alpha value is -0.250. The normalized spacial score (nSPS) is 22.1. The van der Waals surface area contributed by atoms with Gasteiger partial charge in [-0.1, -0.05) is 38.4 Å². The lowest BCUT2D eigenvalue weighted by molar-refractivity contribution is 0.246. The lowest BCUT2D eigenvalue weighted by Gasteiger charge is -2.48. The molecule has 4 heteroatoms. The van der Waals surface area contributed by atoms with Gasteiger partial charge in [0, 0.05) is 24.7 Å². The average Bonchev–Trinajstić information content (AvgIpc) is 2.49.